The van der Waals surface area contributed by atoms with Crippen LogP contribution in [0.2, 0.25) is 0 Å². The lowest BCUT2D eigenvalue weighted by molar-refractivity contribution is 0.135. The molecular weight excluding hydrogens is 128 g/mol. The number of aryl methyl sites for hydroxylation is 1. The Bertz CT molecular complexity index is 231. The molecule has 0 amide bonds. The van der Waals surface area contributed by atoms with Gasteiger partial charge in [0, 0.05) is 12.7 Å². The number of nitrogens with zero attached hydrogens (tertiary/aromatic N) is 2. The molecule has 1 N–H and O–H groups in total. The summed E-state index contributed by atoms with van der Waals surface area (Å²) in [5.74, 6) is 0. The van der Waals surface area contributed by atoms with Gasteiger partial charge in [-0.3, -0.25) is 4.68 Å². The van der Waals surface area contributed by atoms with Crippen molar-refractivity contribution in [2.24, 2.45) is 0 Å². The Morgan fingerprint density at radius 2 is 2.60 bits per heavy atom. The van der Waals surface area contributed by atoms with Crippen molar-refractivity contribution in [3.63, 3.8) is 0 Å². The first-order chi connectivity index (χ1) is 4.88. The maximum atomic E-state index is 9.39. The highest BCUT2D eigenvalue weighted by Gasteiger charge is 2.16. The molecule has 0 aromatic carbocycles. The fourth-order valence-electron chi connectivity index (χ4n) is 1.40. The molecule has 1 aliphatic heterocycles. The van der Waals surface area contributed by atoms with Crippen molar-refractivity contribution < 1.29 is 5.11 Å². The highest BCUT2D eigenvalue weighted by molar-refractivity contribution is 5.05. The first kappa shape index (κ1) is 5.92. The quantitative estimate of drug-likeness (QED) is 0.573. The van der Waals surface area contributed by atoms with E-state index in [1.807, 2.05) is 10.7 Å². The van der Waals surface area contributed by atoms with Crippen LogP contribution in [0, 0.1) is 0 Å². The van der Waals surface area contributed by atoms with Crippen LogP contribution in [0.15, 0.2) is 12.3 Å². The topological polar surface area (TPSA) is 38.0 Å². The molecule has 54 valence electrons. The smallest absolute Gasteiger partial charge is 0.0957 e. The normalized spacial score (nSPS) is 24.3. The molecule has 1 aromatic rings. The lowest BCUT2D eigenvalue weighted by Gasteiger charge is -2.18. The highest BCUT2D eigenvalue weighted by atomic mass is 16.3. The molecule has 0 saturated carbocycles. The van der Waals surface area contributed by atoms with Crippen LogP contribution in [0.25, 0.3) is 0 Å². The maximum absolute atomic E-state index is 9.39. The molecule has 1 aromatic heterocycles. The number of aliphatic hydroxyl groups excluding tert-OH is 1. The minimum atomic E-state index is -0.281. The second-order valence-electron chi connectivity index (χ2n) is 2.64. The summed E-state index contributed by atoms with van der Waals surface area (Å²) >= 11 is 0. The van der Waals surface area contributed by atoms with Crippen LogP contribution in [0.1, 0.15) is 24.6 Å². The van der Waals surface area contributed by atoms with Gasteiger partial charge in [-0.2, -0.15) is 5.10 Å². The van der Waals surface area contributed by atoms with Gasteiger partial charge in [0.25, 0.3) is 0 Å². The molecule has 0 spiro atoms. The van der Waals surface area contributed by atoms with Gasteiger partial charge in [0.15, 0.2) is 0 Å². The Morgan fingerprint density at radius 1 is 1.70 bits per heavy atom. The Morgan fingerprint density at radius 3 is 3.40 bits per heavy atom. The minimum absolute atomic E-state index is 0.281. The second kappa shape index (κ2) is 2.09. The third-order valence-corrected chi connectivity index (χ3v) is 1.94. The Kier molecular flexibility index (Phi) is 1.24. The summed E-state index contributed by atoms with van der Waals surface area (Å²) in [7, 11) is 0. The summed E-state index contributed by atoms with van der Waals surface area (Å²) < 4.78 is 1.87. The molecule has 2 heterocycles. The van der Waals surface area contributed by atoms with Crippen molar-refractivity contribution in [3.8, 4) is 0 Å². The molecule has 3 heteroatoms. The number of rotatable bonds is 0. The Balaban J connectivity index is 2.41. The van der Waals surface area contributed by atoms with Gasteiger partial charge in [0.05, 0.1) is 11.8 Å². The van der Waals surface area contributed by atoms with Crippen LogP contribution in [0.4, 0.5) is 0 Å². The lowest BCUT2D eigenvalue weighted by Crippen LogP contribution is -2.15. The zero-order valence-corrected chi connectivity index (χ0v) is 5.70. The number of aliphatic hydroxyl groups is 1. The molecular formula is C7H10N2O. The summed E-state index contributed by atoms with van der Waals surface area (Å²) in [5, 5.41) is 13.5. The molecule has 0 fully saturated rings. The van der Waals surface area contributed by atoms with Crippen LogP contribution >= 0.6 is 0 Å². The average molecular weight is 138 g/mol. The van der Waals surface area contributed by atoms with E-state index in [-0.39, 0.29) is 6.10 Å². The molecule has 0 saturated heterocycles. The molecule has 1 atom stereocenters. The van der Waals surface area contributed by atoms with E-state index in [4.69, 9.17) is 0 Å². The van der Waals surface area contributed by atoms with Gasteiger partial charge in [-0.15, -0.1) is 0 Å². The molecule has 3 nitrogen and oxygen atoms in total. The van der Waals surface area contributed by atoms with Gasteiger partial charge >= 0.3 is 0 Å². The van der Waals surface area contributed by atoms with Crippen molar-refractivity contribution in [2.75, 3.05) is 0 Å². The van der Waals surface area contributed by atoms with Crippen molar-refractivity contribution in [3.05, 3.63) is 18.0 Å². The van der Waals surface area contributed by atoms with Gasteiger partial charge in [-0.1, -0.05) is 0 Å². The highest BCUT2D eigenvalue weighted by Crippen LogP contribution is 2.22. The molecule has 2 rings (SSSR count). The van der Waals surface area contributed by atoms with Crippen LogP contribution in [0.5, 0.6) is 0 Å². The maximum Gasteiger partial charge on any atom is 0.0957 e. The van der Waals surface area contributed by atoms with Crippen LogP contribution in [0.3, 0.4) is 0 Å². The molecule has 1 aliphatic rings. The van der Waals surface area contributed by atoms with E-state index in [2.05, 4.69) is 5.10 Å². The summed E-state index contributed by atoms with van der Waals surface area (Å²) in [6.07, 6.45) is 3.38. The van der Waals surface area contributed by atoms with Crippen molar-refractivity contribution in [1.29, 1.82) is 0 Å². The monoisotopic (exact) mass is 138 g/mol. The lowest BCUT2D eigenvalue weighted by atomic mass is 10.1. The van der Waals surface area contributed by atoms with Gasteiger partial charge in [-0.25, -0.2) is 0 Å². The molecule has 0 radical (unpaired) electrons. The Labute approximate surface area is 59.3 Å². The fraction of sp³-hybridized carbons (Fsp3) is 0.571. The third kappa shape index (κ3) is 0.743. The standard InChI is InChI=1S/C7H10N2O/c10-7-2-1-5-9-6(7)3-4-8-9/h3-4,7,10H,1-2,5H2. The number of hydrogen-bond donors (Lipinski definition) is 1. The number of aromatic nitrogens is 2. The summed E-state index contributed by atoms with van der Waals surface area (Å²) in [4.78, 5) is 0. The van der Waals surface area contributed by atoms with E-state index < -0.39 is 0 Å². The van der Waals surface area contributed by atoms with Gasteiger partial charge in [0.1, 0.15) is 0 Å². The van der Waals surface area contributed by atoms with Crippen LogP contribution in [-0.4, -0.2) is 14.9 Å². The number of fused-ring (bicyclic) bond motifs is 1. The predicted octanol–water partition coefficient (Wildman–Crippen LogP) is 0.710. The van der Waals surface area contributed by atoms with E-state index in [1.54, 1.807) is 6.20 Å². The van der Waals surface area contributed by atoms with E-state index in [9.17, 15) is 5.11 Å². The van der Waals surface area contributed by atoms with Gasteiger partial charge < -0.3 is 5.11 Å². The molecule has 0 bridgehead atoms. The number of hydrogen-bond acceptors (Lipinski definition) is 2. The first-order valence-corrected chi connectivity index (χ1v) is 3.58. The third-order valence-electron chi connectivity index (χ3n) is 1.94. The van der Waals surface area contributed by atoms with E-state index in [1.165, 1.54) is 0 Å². The van der Waals surface area contributed by atoms with Crippen LogP contribution < -0.4 is 0 Å². The summed E-state index contributed by atoms with van der Waals surface area (Å²) in [5.41, 5.74) is 0.964. The van der Waals surface area contributed by atoms with Gasteiger partial charge in [-0.05, 0) is 18.9 Å². The summed E-state index contributed by atoms with van der Waals surface area (Å²) in [6, 6.07) is 1.88. The predicted molar refractivity (Wildman–Crippen MR) is 36.4 cm³/mol. The van der Waals surface area contributed by atoms with Crippen molar-refractivity contribution in [1.82, 2.24) is 9.78 Å². The van der Waals surface area contributed by atoms with E-state index in [0.717, 1.165) is 25.1 Å². The zero-order chi connectivity index (χ0) is 6.97. The fourth-order valence-corrected chi connectivity index (χ4v) is 1.40. The van der Waals surface area contributed by atoms with E-state index in [0.29, 0.717) is 0 Å². The molecule has 0 aliphatic carbocycles. The van der Waals surface area contributed by atoms with Crippen molar-refractivity contribution in [2.45, 2.75) is 25.5 Å². The van der Waals surface area contributed by atoms with E-state index >= 15 is 0 Å². The SMILES string of the molecule is OC1CCCn2nccc21. The van der Waals surface area contributed by atoms with Gasteiger partial charge in [0.2, 0.25) is 0 Å². The molecule has 10 heavy (non-hydrogen) atoms. The zero-order valence-electron chi connectivity index (χ0n) is 5.70. The second-order valence-corrected chi connectivity index (χ2v) is 2.64. The minimum Gasteiger partial charge on any atom is -0.387 e. The molecule has 1 unspecified atom stereocenters. The first-order valence-electron chi connectivity index (χ1n) is 3.58. The summed E-state index contributed by atoms with van der Waals surface area (Å²) in [6.45, 7) is 0.958. The van der Waals surface area contributed by atoms with Crippen LogP contribution in [-0.2, 0) is 6.54 Å². The van der Waals surface area contributed by atoms with Crippen molar-refractivity contribution >= 4 is 0 Å². The largest absolute Gasteiger partial charge is 0.387 e. The average Bonchev–Trinajstić information content (AvgIpc) is 2.36. The Hall–Kier alpha value is -0.830.